The number of esters is 1. The molecule has 0 heterocycles. The molecule has 1 saturated carbocycles. The van der Waals surface area contributed by atoms with Gasteiger partial charge in [-0.2, -0.15) is 0 Å². The minimum absolute atomic E-state index is 0. The van der Waals surface area contributed by atoms with Crippen LogP contribution in [0.15, 0.2) is 30.3 Å². The van der Waals surface area contributed by atoms with Gasteiger partial charge in [0.2, 0.25) is 0 Å². The van der Waals surface area contributed by atoms with Crippen molar-refractivity contribution in [3.05, 3.63) is 35.9 Å². The monoisotopic (exact) mass is 621 g/mol. The smallest absolute Gasteiger partial charge is 0.338 e. The second-order valence-electron chi connectivity index (χ2n) is 13.2. The second kappa shape index (κ2) is 23.7. The molecule has 1 fully saturated rings. The van der Waals surface area contributed by atoms with Gasteiger partial charge in [-0.1, -0.05) is 134 Å². The number of benzene rings is 1. The predicted octanol–water partition coefficient (Wildman–Crippen LogP) is 7.52. The van der Waals surface area contributed by atoms with Gasteiger partial charge in [-0.05, 0) is 44.2 Å². The Morgan fingerprint density at radius 2 is 1.15 bits per heavy atom. The lowest BCUT2D eigenvalue weighted by atomic mass is 9.85. The third-order valence-electron chi connectivity index (χ3n) is 8.95. The zero-order valence-corrected chi connectivity index (χ0v) is 28.2. The number of halogens is 1. The van der Waals surface area contributed by atoms with Crippen LogP contribution >= 0.6 is 0 Å². The van der Waals surface area contributed by atoms with Crippen molar-refractivity contribution in [1.29, 1.82) is 0 Å². The van der Waals surface area contributed by atoms with Crippen LogP contribution in [0.1, 0.15) is 159 Å². The van der Waals surface area contributed by atoms with Crippen molar-refractivity contribution in [1.82, 2.24) is 0 Å². The van der Waals surface area contributed by atoms with Gasteiger partial charge >= 0.3 is 5.97 Å². The summed E-state index contributed by atoms with van der Waals surface area (Å²) in [7, 11) is 4.75. The minimum atomic E-state index is -0.152. The van der Waals surface area contributed by atoms with Crippen LogP contribution in [0, 0.1) is 5.92 Å². The highest BCUT2D eigenvalue weighted by molar-refractivity contribution is 5.89. The summed E-state index contributed by atoms with van der Waals surface area (Å²) in [6.07, 6.45) is 30.4. The number of quaternary nitrogens is 1. The van der Waals surface area contributed by atoms with Crippen molar-refractivity contribution in [2.24, 2.45) is 5.92 Å². The van der Waals surface area contributed by atoms with Crippen LogP contribution in [0.4, 0.5) is 0 Å². The molecule has 1 aliphatic carbocycles. The lowest BCUT2D eigenvalue weighted by Gasteiger charge is -2.38. The number of hydrogen-bond acceptors (Lipinski definition) is 2. The normalized spacial score (nSPS) is 17.4. The fourth-order valence-electron chi connectivity index (χ4n) is 6.49. The molecule has 2 rings (SSSR count). The summed E-state index contributed by atoms with van der Waals surface area (Å²) in [6.45, 7) is 4.65. The summed E-state index contributed by atoms with van der Waals surface area (Å²) in [5.41, 5.74) is 0.675. The van der Waals surface area contributed by atoms with E-state index in [2.05, 4.69) is 21.0 Å². The molecule has 232 valence electrons. The molecular formula is C36H64BrNO2. The van der Waals surface area contributed by atoms with E-state index < -0.39 is 0 Å². The molecule has 3 nitrogen and oxygen atoms in total. The molecule has 40 heavy (non-hydrogen) atoms. The maximum Gasteiger partial charge on any atom is 0.338 e. The molecular weight excluding hydrogens is 558 g/mol. The molecule has 0 aromatic heterocycles. The number of nitrogens with zero attached hydrogens (tertiary/aromatic N) is 1. The molecule has 0 radical (unpaired) electrons. The Balaban J connectivity index is 0.00000800. The Hall–Kier alpha value is -0.870. The predicted molar refractivity (Wildman–Crippen MR) is 168 cm³/mol. The molecule has 0 saturated heterocycles. The summed E-state index contributed by atoms with van der Waals surface area (Å²) in [6, 6.07) is 9.49. The molecule has 0 amide bonds. The second-order valence-corrected chi connectivity index (χ2v) is 13.2. The average Bonchev–Trinajstić information content (AvgIpc) is 2.93. The third-order valence-corrected chi connectivity index (χ3v) is 8.95. The number of carbonyl (C=O) groups is 1. The highest BCUT2D eigenvalue weighted by Crippen LogP contribution is 2.30. The molecule has 0 bridgehead atoms. The first-order chi connectivity index (χ1) is 19.0. The molecule has 0 N–H and O–H groups in total. The van der Waals surface area contributed by atoms with E-state index in [0.29, 0.717) is 11.5 Å². The van der Waals surface area contributed by atoms with Gasteiger partial charge in [0.25, 0.3) is 0 Å². The Morgan fingerprint density at radius 1 is 0.700 bits per heavy atom. The van der Waals surface area contributed by atoms with Crippen molar-refractivity contribution in [2.75, 3.05) is 27.2 Å². The standard InChI is InChI=1S/C36H64NO2.BrH/c1-4-5-6-7-8-9-10-11-12-13-14-15-16-17-18-19-20-26-31-37(2,3)32-34-29-24-25-30-35(34)39-36(38)33-27-22-21-23-28-33;/h21-23,27-28,34-35H,4-20,24-26,29-32H2,1-3H3;1H/q+1;/p-1/t34-,35+;/m1./s1. The summed E-state index contributed by atoms with van der Waals surface area (Å²) >= 11 is 0. The molecule has 0 unspecified atom stereocenters. The third kappa shape index (κ3) is 17.8. The molecule has 0 aliphatic heterocycles. The SMILES string of the molecule is CCCCCCCCCCCCCCCCCCCC[N+](C)(C)C[C@H]1CCCC[C@@H]1OC(=O)c1ccccc1.[Br-]. The van der Waals surface area contributed by atoms with E-state index in [9.17, 15) is 4.79 Å². The van der Waals surface area contributed by atoms with E-state index in [1.165, 1.54) is 141 Å². The zero-order valence-electron chi connectivity index (χ0n) is 26.7. The van der Waals surface area contributed by atoms with Crippen LogP contribution < -0.4 is 17.0 Å². The number of hydrogen-bond donors (Lipinski definition) is 0. The lowest BCUT2D eigenvalue weighted by molar-refractivity contribution is -0.894. The first-order valence-corrected chi connectivity index (χ1v) is 17.1. The molecule has 1 aromatic carbocycles. The fraction of sp³-hybridized carbons (Fsp3) is 0.806. The molecule has 1 aliphatic rings. The Bertz CT molecular complexity index is 723. The van der Waals surface area contributed by atoms with Gasteiger partial charge in [-0.25, -0.2) is 4.79 Å². The van der Waals surface area contributed by atoms with Crippen LogP contribution in [-0.4, -0.2) is 43.7 Å². The first-order valence-electron chi connectivity index (χ1n) is 17.1. The van der Waals surface area contributed by atoms with Crippen molar-refractivity contribution < 1.29 is 31.0 Å². The van der Waals surface area contributed by atoms with Gasteiger partial charge in [-0.3, -0.25) is 0 Å². The highest BCUT2D eigenvalue weighted by Gasteiger charge is 2.33. The van der Waals surface area contributed by atoms with Crippen LogP contribution in [0.25, 0.3) is 0 Å². The van der Waals surface area contributed by atoms with E-state index >= 15 is 0 Å². The van der Waals surface area contributed by atoms with Gasteiger partial charge in [0.15, 0.2) is 0 Å². The summed E-state index contributed by atoms with van der Waals surface area (Å²) in [4.78, 5) is 12.7. The number of unbranched alkanes of at least 4 members (excludes halogenated alkanes) is 17. The zero-order chi connectivity index (χ0) is 28.0. The topological polar surface area (TPSA) is 26.3 Å². The molecule has 1 aromatic rings. The Labute approximate surface area is 259 Å². The first kappa shape index (κ1) is 37.2. The van der Waals surface area contributed by atoms with E-state index in [4.69, 9.17) is 4.74 Å². The van der Waals surface area contributed by atoms with Crippen molar-refractivity contribution in [3.63, 3.8) is 0 Å². The van der Waals surface area contributed by atoms with Crippen molar-refractivity contribution in [2.45, 2.75) is 154 Å². The lowest BCUT2D eigenvalue weighted by Crippen LogP contribution is -3.00. The van der Waals surface area contributed by atoms with Crippen molar-refractivity contribution >= 4 is 5.97 Å². The quantitative estimate of drug-likeness (QED) is 0.0717. The Kier molecular flexibility index (Phi) is 22.0. The van der Waals surface area contributed by atoms with E-state index in [1.807, 2.05) is 30.3 Å². The van der Waals surface area contributed by atoms with E-state index in [1.54, 1.807) is 0 Å². The summed E-state index contributed by atoms with van der Waals surface area (Å²) in [5, 5.41) is 0. The van der Waals surface area contributed by atoms with Crippen molar-refractivity contribution in [3.8, 4) is 0 Å². The average molecular weight is 623 g/mol. The fourth-order valence-corrected chi connectivity index (χ4v) is 6.49. The summed E-state index contributed by atoms with van der Waals surface area (Å²) < 4.78 is 7.07. The van der Waals surface area contributed by atoms with E-state index in [0.717, 1.165) is 17.4 Å². The number of carbonyl (C=O) groups excluding carboxylic acids is 1. The van der Waals surface area contributed by atoms with Crippen LogP contribution in [0.3, 0.4) is 0 Å². The van der Waals surface area contributed by atoms with Gasteiger partial charge in [0.05, 0.1) is 32.7 Å². The van der Waals surface area contributed by atoms with Crippen LogP contribution in [0.5, 0.6) is 0 Å². The highest BCUT2D eigenvalue weighted by atomic mass is 79.9. The molecule has 4 heteroatoms. The maximum absolute atomic E-state index is 12.7. The Morgan fingerprint density at radius 3 is 1.65 bits per heavy atom. The summed E-state index contributed by atoms with van der Waals surface area (Å²) in [5.74, 6) is 0.332. The van der Waals surface area contributed by atoms with Crippen LogP contribution in [-0.2, 0) is 4.74 Å². The maximum atomic E-state index is 12.7. The van der Waals surface area contributed by atoms with Gasteiger partial charge in [0, 0.05) is 5.92 Å². The van der Waals surface area contributed by atoms with Gasteiger partial charge in [-0.15, -0.1) is 0 Å². The van der Waals surface area contributed by atoms with E-state index in [-0.39, 0.29) is 29.1 Å². The van der Waals surface area contributed by atoms with Crippen LogP contribution in [0.2, 0.25) is 0 Å². The largest absolute Gasteiger partial charge is 1.00 e. The van der Waals surface area contributed by atoms with Gasteiger partial charge in [0.1, 0.15) is 6.10 Å². The van der Waals surface area contributed by atoms with Gasteiger partial charge < -0.3 is 26.2 Å². The molecule has 0 spiro atoms. The molecule has 2 atom stereocenters. The number of rotatable bonds is 23. The number of ether oxygens (including phenoxy) is 1. The minimum Gasteiger partial charge on any atom is -1.00 e.